The SMILES string of the molecule is O=[N+]([O-])NC1=CCCN1c1ccc(Br)nc1. The number of halogens is 1. The van der Waals surface area contributed by atoms with Crippen LogP contribution in [0.15, 0.2) is 34.8 Å². The predicted molar refractivity (Wildman–Crippen MR) is 62.1 cm³/mol. The Hall–Kier alpha value is -1.63. The van der Waals surface area contributed by atoms with Crippen LogP contribution in [0.2, 0.25) is 0 Å². The monoisotopic (exact) mass is 284 g/mol. The fourth-order valence-electron chi connectivity index (χ4n) is 1.56. The van der Waals surface area contributed by atoms with Crippen molar-refractivity contribution in [3.63, 3.8) is 0 Å². The molecular weight excluding hydrogens is 276 g/mol. The van der Waals surface area contributed by atoms with Crippen molar-refractivity contribution < 1.29 is 5.03 Å². The molecule has 0 aliphatic carbocycles. The first kappa shape index (κ1) is 10.9. The maximum Gasteiger partial charge on any atom is 0.167 e. The van der Waals surface area contributed by atoms with E-state index in [9.17, 15) is 10.1 Å². The largest absolute Gasteiger partial charge is 0.322 e. The van der Waals surface area contributed by atoms with E-state index in [1.165, 1.54) is 0 Å². The highest BCUT2D eigenvalue weighted by atomic mass is 79.9. The van der Waals surface area contributed by atoms with E-state index in [0.717, 1.165) is 23.3 Å². The topological polar surface area (TPSA) is 71.3 Å². The zero-order valence-electron chi connectivity index (χ0n) is 8.26. The summed E-state index contributed by atoms with van der Waals surface area (Å²) >= 11 is 3.24. The second kappa shape index (κ2) is 4.48. The number of pyridine rings is 1. The molecule has 0 aromatic carbocycles. The van der Waals surface area contributed by atoms with Gasteiger partial charge in [-0.2, -0.15) is 0 Å². The Morgan fingerprint density at radius 1 is 1.56 bits per heavy atom. The van der Waals surface area contributed by atoms with Gasteiger partial charge in [-0.25, -0.2) is 15.1 Å². The van der Waals surface area contributed by atoms with E-state index in [1.54, 1.807) is 18.3 Å². The van der Waals surface area contributed by atoms with Gasteiger partial charge in [0.05, 0.1) is 11.9 Å². The first-order valence-corrected chi connectivity index (χ1v) is 5.46. The fourth-order valence-corrected chi connectivity index (χ4v) is 1.79. The standard InChI is InChI=1S/C9H9BrN4O2/c10-8-4-3-7(6-11-8)13-5-1-2-9(13)12-14(15)16/h2-4,6,12H,1,5H2. The number of nitrogens with zero attached hydrogens (tertiary/aromatic N) is 3. The summed E-state index contributed by atoms with van der Waals surface area (Å²) in [5.41, 5.74) is 3.01. The molecule has 6 nitrogen and oxygen atoms in total. The zero-order chi connectivity index (χ0) is 11.5. The minimum absolute atomic E-state index is 0.495. The highest BCUT2D eigenvalue weighted by Crippen LogP contribution is 2.23. The molecule has 1 aromatic rings. The highest BCUT2D eigenvalue weighted by molar-refractivity contribution is 9.10. The van der Waals surface area contributed by atoms with Crippen LogP contribution in [-0.4, -0.2) is 16.6 Å². The molecule has 2 rings (SSSR count). The number of hydrogen-bond donors (Lipinski definition) is 1. The smallest absolute Gasteiger partial charge is 0.167 e. The average molecular weight is 285 g/mol. The lowest BCUT2D eigenvalue weighted by molar-refractivity contribution is -0.535. The van der Waals surface area contributed by atoms with E-state index in [1.807, 2.05) is 11.0 Å². The molecule has 0 saturated heterocycles. The van der Waals surface area contributed by atoms with Gasteiger partial charge in [0.25, 0.3) is 0 Å². The summed E-state index contributed by atoms with van der Waals surface area (Å²) in [6, 6.07) is 3.66. The minimum atomic E-state index is -0.559. The molecule has 0 saturated carbocycles. The summed E-state index contributed by atoms with van der Waals surface area (Å²) in [4.78, 5) is 16.3. The summed E-state index contributed by atoms with van der Waals surface area (Å²) in [6.07, 6.45) is 4.25. The lowest BCUT2D eigenvalue weighted by Crippen LogP contribution is -2.32. The third kappa shape index (κ3) is 2.30. The van der Waals surface area contributed by atoms with Gasteiger partial charge in [-0.3, -0.25) is 0 Å². The second-order valence-corrected chi connectivity index (χ2v) is 4.05. The normalized spacial score (nSPS) is 14.8. The molecule has 0 radical (unpaired) electrons. The summed E-state index contributed by atoms with van der Waals surface area (Å²) in [5.74, 6) is 0.495. The molecule has 0 atom stereocenters. The molecule has 0 bridgehead atoms. The number of hydrazine groups is 1. The molecular formula is C9H9BrN4O2. The number of nitro groups is 1. The number of aromatic nitrogens is 1. The van der Waals surface area contributed by atoms with Crippen LogP contribution in [0.1, 0.15) is 6.42 Å². The molecule has 0 spiro atoms. The lowest BCUT2D eigenvalue weighted by Gasteiger charge is -2.19. The number of anilines is 1. The van der Waals surface area contributed by atoms with Gasteiger partial charge in [-0.15, -0.1) is 0 Å². The van der Waals surface area contributed by atoms with Gasteiger partial charge in [-0.1, -0.05) is 5.43 Å². The Bertz CT molecular complexity index is 432. The molecule has 2 heterocycles. The van der Waals surface area contributed by atoms with Crippen LogP contribution in [0.5, 0.6) is 0 Å². The maximum absolute atomic E-state index is 10.4. The van der Waals surface area contributed by atoms with Crippen LogP contribution in [0.25, 0.3) is 0 Å². The Kier molecular flexibility index (Phi) is 3.04. The molecule has 0 fully saturated rings. The Morgan fingerprint density at radius 3 is 3.00 bits per heavy atom. The van der Waals surface area contributed by atoms with E-state index in [0.29, 0.717) is 5.82 Å². The van der Waals surface area contributed by atoms with E-state index in [2.05, 4.69) is 26.3 Å². The van der Waals surface area contributed by atoms with E-state index < -0.39 is 5.03 Å². The number of hydrogen-bond acceptors (Lipinski definition) is 4. The second-order valence-electron chi connectivity index (χ2n) is 3.24. The van der Waals surface area contributed by atoms with Crippen molar-refractivity contribution in [2.24, 2.45) is 0 Å². The molecule has 1 aliphatic rings. The molecule has 84 valence electrons. The van der Waals surface area contributed by atoms with Gasteiger partial charge in [-0.05, 0) is 40.6 Å². The van der Waals surface area contributed by atoms with Crippen LogP contribution < -0.4 is 10.3 Å². The van der Waals surface area contributed by atoms with Gasteiger partial charge >= 0.3 is 0 Å². The molecule has 1 aliphatic heterocycles. The van der Waals surface area contributed by atoms with E-state index >= 15 is 0 Å². The molecule has 7 heteroatoms. The first-order valence-electron chi connectivity index (χ1n) is 4.67. The first-order chi connectivity index (χ1) is 7.66. The van der Waals surface area contributed by atoms with Crippen molar-refractivity contribution in [3.05, 3.63) is 44.9 Å². The fraction of sp³-hybridized carbons (Fsp3) is 0.222. The Morgan fingerprint density at radius 2 is 2.38 bits per heavy atom. The number of nitrogens with one attached hydrogen (secondary N) is 1. The van der Waals surface area contributed by atoms with Crippen molar-refractivity contribution in [1.82, 2.24) is 10.4 Å². The summed E-state index contributed by atoms with van der Waals surface area (Å²) in [7, 11) is 0. The van der Waals surface area contributed by atoms with Crippen LogP contribution in [0, 0.1) is 10.1 Å². The van der Waals surface area contributed by atoms with Crippen LogP contribution >= 0.6 is 15.9 Å². The Labute approximate surface area is 100 Å². The number of rotatable bonds is 3. The lowest BCUT2D eigenvalue weighted by atomic mass is 10.4. The third-order valence-electron chi connectivity index (χ3n) is 2.21. The summed E-state index contributed by atoms with van der Waals surface area (Å²) in [5, 5.41) is 9.83. The molecule has 0 unspecified atom stereocenters. The molecule has 16 heavy (non-hydrogen) atoms. The van der Waals surface area contributed by atoms with Crippen molar-refractivity contribution >= 4 is 21.6 Å². The van der Waals surface area contributed by atoms with Crippen LogP contribution in [0.3, 0.4) is 0 Å². The van der Waals surface area contributed by atoms with Crippen LogP contribution in [-0.2, 0) is 0 Å². The van der Waals surface area contributed by atoms with Crippen molar-refractivity contribution in [1.29, 1.82) is 0 Å². The molecule has 1 N–H and O–H groups in total. The quantitative estimate of drug-likeness (QED) is 0.519. The minimum Gasteiger partial charge on any atom is -0.322 e. The van der Waals surface area contributed by atoms with Crippen molar-refractivity contribution in [2.45, 2.75) is 6.42 Å². The van der Waals surface area contributed by atoms with E-state index in [4.69, 9.17) is 0 Å². The third-order valence-corrected chi connectivity index (χ3v) is 2.68. The molecule has 1 aromatic heterocycles. The maximum atomic E-state index is 10.4. The van der Waals surface area contributed by atoms with Crippen molar-refractivity contribution in [2.75, 3.05) is 11.4 Å². The zero-order valence-corrected chi connectivity index (χ0v) is 9.85. The van der Waals surface area contributed by atoms with Gasteiger partial charge in [0.2, 0.25) is 0 Å². The average Bonchev–Trinajstić information content (AvgIpc) is 2.66. The van der Waals surface area contributed by atoms with E-state index in [-0.39, 0.29) is 0 Å². The highest BCUT2D eigenvalue weighted by Gasteiger charge is 2.20. The predicted octanol–water partition coefficient (Wildman–Crippen LogP) is 1.68. The summed E-state index contributed by atoms with van der Waals surface area (Å²) < 4.78 is 0.739. The van der Waals surface area contributed by atoms with Gasteiger partial charge in [0.15, 0.2) is 10.9 Å². The van der Waals surface area contributed by atoms with Gasteiger partial charge < -0.3 is 4.90 Å². The van der Waals surface area contributed by atoms with Gasteiger partial charge in [0.1, 0.15) is 4.60 Å². The van der Waals surface area contributed by atoms with Gasteiger partial charge in [0, 0.05) is 6.54 Å². The Balaban J connectivity index is 2.18. The van der Waals surface area contributed by atoms with Crippen molar-refractivity contribution in [3.8, 4) is 0 Å². The van der Waals surface area contributed by atoms with Crippen LogP contribution in [0.4, 0.5) is 5.69 Å². The summed E-state index contributed by atoms with van der Waals surface area (Å²) in [6.45, 7) is 0.722. The molecule has 0 amide bonds.